The Kier molecular flexibility index (Phi) is 4.28. The molecule has 0 aliphatic heterocycles. The summed E-state index contributed by atoms with van der Waals surface area (Å²) < 4.78 is 0. The van der Waals surface area contributed by atoms with Crippen molar-refractivity contribution in [2.75, 3.05) is 17.7 Å². The number of carbonyl (C=O) groups excluding carboxylic acids is 2. The summed E-state index contributed by atoms with van der Waals surface area (Å²) in [5, 5.41) is 7.80. The number of nitrogens with one attached hydrogen (secondary N) is 3. The summed E-state index contributed by atoms with van der Waals surface area (Å²) in [6.07, 6.45) is 1.55. The number of amides is 3. The third kappa shape index (κ3) is 3.55. The molecule has 6 heteroatoms. The van der Waals surface area contributed by atoms with Gasteiger partial charge in [-0.3, -0.25) is 9.78 Å². The minimum absolute atomic E-state index is 0.303. The summed E-state index contributed by atoms with van der Waals surface area (Å²) in [7, 11) is 1.53. The molecule has 3 amide bonds. The number of rotatable bonds is 3. The number of carbonyl (C=O) groups is 2. The molecule has 1 heterocycles. The third-order valence-electron chi connectivity index (χ3n) is 2.50. The van der Waals surface area contributed by atoms with Crippen LogP contribution in [0.2, 0.25) is 0 Å². The average Bonchev–Trinajstić information content (AvgIpc) is 2.48. The van der Waals surface area contributed by atoms with Gasteiger partial charge in [0.05, 0.1) is 0 Å². The number of aromatic nitrogens is 1. The van der Waals surface area contributed by atoms with E-state index >= 15 is 0 Å². The topological polar surface area (TPSA) is 83.1 Å². The molecule has 3 N–H and O–H groups in total. The van der Waals surface area contributed by atoms with E-state index in [0.717, 1.165) is 0 Å². The van der Waals surface area contributed by atoms with Crippen LogP contribution in [-0.2, 0) is 0 Å². The molecule has 6 nitrogen and oxygen atoms in total. The molecule has 2 rings (SSSR count). The average molecular weight is 270 g/mol. The Balaban J connectivity index is 2.08. The maximum absolute atomic E-state index is 11.9. The lowest BCUT2D eigenvalue weighted by Crippen LogP contribution is -2.24. The Hall–Kier alpha value is -2.89. The number of urea groups is 1. The van der Waals surface area contributed by atoms with Crippen molar-refractivity contribution in [1.82, 2.24) is 10.3 Å². The number of pyridine rings is 1. The number of anilines is 2. The highest BCUT2D eigenvalue weighted by molar-refractivity contribution is 6.03. The quantitative estimate of drug-likeness (QED) is 0.798. The molecule has 0 bridgehead atoms. The Morgan fingerprint density at radius 2 is 1.75 bits per heavy atom. The molecule has 1 aromatic heterocycles. The van der Waals surface area contributed by atoms with Gasteiger partial charge in [0.15, 0.2) is 0 Å². The van der Waals surface area contributed by atoms with Gasteiger partial charge in [-0.1, -0.05) is 12.1 Å². The van der Waals surface area contributed by atoms with Gasteiger partial charge >= 0.3 is 6.03 Å². The molecule has 0 saturated heterocycles. The van der Waals surface area contributed by atoms with E-state index in [1.807, 2.05) is 0 Å². The molecule has 2 aromatic rings. The first kappa shape index (κ1) is 13.5. The second-order valence-electron chi connectivity index (χ2n) is 3.95. The molecule has 0 atom stereocenters. The second-order valence-corrected chi connectivity index (χ2v) is 3.95. The number of hydrogen-bond donors (Lipinski definition) is 3. The summed E-state index contributed by atoms with van der Waals surface area (Å²) in [6.45, 7) is 0. The number of hydrogen-bond acceptors (Lipinski definition) is 3. The maximum Gasteiger partial charge on any atom is 0.318 e. The molecular weight excluding hydrogens is 256 g/mol. The summed E-state index contributed by atoms with van der Waals surface area (Å²) in [6, 6.07) is 11.6. The lowest BCUT2D eigenvalue weighted by Gasteiger charge is -2.08. The predicted octanol–water partition coefficient (Wildman–Crippen LogP) is 2.09. The fourth-order valence-electron chi connectivity index (χ4n) is 1.56. The molecule has 20 heavy (non-hydrogen) atoms. The van der Waals surface area contributed by atoms with Crippen molar-refractivity contribution in [2.45, 2.75) is 0 Å². The van der Waals surface area contributed by atoms with Gasteiger partial charge in [-0.05, 0) is 30.3 Å². The largest absolute Gasteiger partial charge is 0.341 e. The van der Waals surface area contributed by atoms with E-state index in [-0.39, 0.29) is 11.9 Å². The van der Waals surface area contributed by atoms with Crippen LogP contribution in [0, 0.1) is 0 Å². The first-order valence-electron chi connectivity index (χ1n) is 6.00. The van der Waals surface area contributed by atoms with Gasteiger partial charge in [-0.2, -0.15) is 0 Å². The Bertz CT molecular complexity index is 614. The van der Waals surface area contributed by atoms with Gasteiger partial charge in [0.2, 0.25) is 0 Å². The monoisotopic (exact) mass is 270 g/mol. The van der Waals surface area contributed by atoms with Crippen molar-refractivity contribution in [3.63, 3.8) is 0 Å². The standard InChI is InChI=1S/C14H14N4O2/c1-15-14(20)18-11-6-4-5-10(9-11)17-13(19)12-7-2-3-8-16-12/h2-9H,1H3,(H,17,19)(H2,15,18,20). The molecule has 0 fully saturated rings. The highest BCUT2D eigenvalue weighted by Crippen LogP contribution is 2.15. The van der Waals surface area contributed by atoms with E-state index in [0.29, 0.717) is 17.1 Å². The van der Waals surface area contributed by atoms with Crippen molar-refractivity contribution in [3.05, 3.63) is 54.4 Å². The first-order valence-corrected chi connectivity index (χ1v) is 6.00. The van der Waals surface area contributed by atoms with Crippen LogP contribution in [0.5, 0.6) is 0 Å². The highest BCUT2D eigenvalue weighted by Gasteiger charge is 2.07. The van der Waals surface area contributed by atoms with Crippen LogP contribution < -0.4 is 16.0 Å². The zero-order chi connectivity index (χ0) is 14.4. The van der Waals surface area contributed by atoms with Crippen LogP contribution in [0.4, 0.5) is 16.2 Å². The van der Waals surface area contributed by atoms with Crippen LogP contribution >= 0.6 is 0 Å². The van der Waals surface area contributed by atoms with Gasteiger partial charge < -0.3 is 16.0 Å². The van der Waals surface area contributed by atoms with Gasteiger partial charge in [0, 0.05) is 24.6 Å². The molecule has 0 radical (unpaired) electrons. The smallest absolute Gasteiger partial charge is 0.318 e. The van der Waals surface area contributed by atoms with Gasteiger partial charge in [-0.25, -0.2) is 4.79 Å². The SMILES string of the molecule is CNC(=O)Nc1cccc(NC(=O)c2ccccn2)c1. The Labute approximate surface area is 116 Å². The van der Waals surface area contributed by atoms with Crippen LogP contribution in [0.25, 0.3) is 0 Å². The minimum atomic E-state index is -0.321. The van der Waals surface area contributed by atoms with E-state index in [1.54, 1.807) is 48.7 Å². The fourth-order valence-corrected chi connectivity index (χ4v) is 1.56. The van der Waals surface area contributed by atoms with Crippen LogP contribution in [0.1, 0.15) is 10.5 Å². The van der Waals surface area contributed by atoms with Crippen molar-refractivity contribution in [1.29, 1.82) is 0 Å². The zero-order valence-electron chi connectivity index (χ0n) is 10.9. The zero-order valence-corrected chi connectivity index (χ0v) is 10.9. The van der Waals surface area contributed by atoms with Crippen molar-refractivity contribution < 1.29 is 9.59 Å². The van der Waals surface area contributed by atoms with E-state index in [9.17, 15) is 9.59 Å². The number of nitrogens with zero attached hydrogens (tertiary/aromatic N) is 1. The molecule has 0 saturated carbocycles. The highest BCUT2D eigenvalue weighted by atomic mass is 16.2. The van der Waals surface area contributed by atoms with E-state index in [1.165, 1.54) is 7.05 Å². The van der Waals surface area contributed by atoms with Crippen molar-refractivity contribution in [2.24, 2.45) is 0 Å². The molecule has 102 valence electrons. The fraction of sp³-hybridized carbons (Fsp3) is 0.0714. The second kappa shape index (κ2) is 6.33. The van der Waals surface area contributed by atoms with Crippen molar-refractivity contribution in [3.8, 4) is 0 Å². The van der Waals surface area contributed by atoms with Crippen LogP contribution in [0.15, 0.2) is 48.7 Å². The summed E-state index contributed by atoms with van der Waals surface area (Å²) in [5.41, 5.74) is 1.50. The van der Waals surface area contributed by atoms with Gasteiger partial charge in [0.1, 0.15) is 5.69 Å². The van der Waals surface area contributed by atoms with Gasteiger partial charge in [0.25, 0.3) is 5.91 Å². The molecule has 0 unspecified atom stereocenters. The molecular formula is C14H14N4O2. The Morgan fingerprint density at radius 3 is 2.40 bits per heavy atom. The molecule has 0 aliphatic carbocycles. The predicted molar refractivity (Wildman–Crippen MR) is 76.7 cm³/mol. The third-order valence-corrected chi connectivity index (χ3v) is 2.50. The minimum Gasteiger partial charge on any atom is -0.341 e. The van der Waals surface area contributed by atoms with E-state index in [2.05, 4.69) is 20.9 Å². The lowest BCUT2D eigenvalue weighted by atomic mass is 10.2. The first-order chi connectivity index (χ1) is 9.69. The summed E-state index contributed by atoms with van der Waals surface area (Å²) >= 11 is 0. The lowest BCUT2D eigenvalue weighted by molar-refractivity contribution is 0.102. The molecule has 0 aliphatic rings. The number of benzene rings is 1. The summed E-state index contributed by atoms with van der Waals surface area (Å²) in [4.78, 5) is 27.1. The molecule has 1 aromatic carbocycles. The maximum atomic E-state index is 11.9. The molecule has 0 spiro atoms. The van der Waals surface area contributed by atoms with E-state index < -0.39 is 0 Å². The van der Waals surface area contributed by atoms with Gasteiger partial charge in [-0.15, -0.1) is 0 Å². The normalized spacial score (nSPS) is 9.65. The summed E-state index contributed by atoms with van der Waals surface area (Å²) in [5.74, 6) is -0.303. The van der Waals surface area contributed by atoms with E-state index in [4.69, 9.17) is 0 Å². The van der Waals surface area contributed by atoms with Crippen LogP contribution in [-0.4, -0.2) is 24.0 Å². The van der Waals surface area contributed by atoms with Crippen molar-refractivity contribution >= 4 is 23.3 Å². The Morgan fingerprint density at radius 1 is 1.00 bits per heavy atom. The van der Waals surface area contributed by atoms with Crippen LogP contribution in [0.3, 0.4) is 0 Å².